The summed E-state index contributed by atoms with van der Waals surface area (Å²) in [6, 6.07) is 11.8. The van der Waals surface area contributed by atoms with Crippen LogP contribution in [0.4, 0.5) is 4.39 Å². The average Bonchev–Trinajstić information content (AvgIpc) is 2.52. The Morgan fingerprint density at radius 3 is 2.45 bits per heavy atom. The minimum atomic E-state index is -0.342. The molecule has 0 aliphatic rings. The van der Waals surface area contributed by atoms with Crippen LogP contribution in [-0.2, 0) is 6.54 Å². The van der Waals surface area contributed by atoms with Gasteiger partial charge in [-0.25, -0.2) is 4.39 Å². The molecule has 0 amide bonds. The van der Waals surface area contributed by atoms with E-state index in [1.165, 1.54) is 6.07 Å². The maximum Gasteiger partial charge on any atom is 0.129 e. The third-order valence-corrected chi connectivity index (χ3v) is 4.03. The standard InChI is InChI=1S/C17H19ClFNO2/c1-20(10-14-15(18)4-3-5-16(14)19)17(11-21)12-6-8-13(22-2)9-7-12/h3-9,17,21H,10-11H2,1-2H3. The lowest BCUT2D eigenvalue weighted by Crippen LogP contribution is -2.27. The van der Waals surface area contributed by atoms with Gasteiger partial charge in [-0.1, -0.05) is 29.8 Å². The van der Waals surface area contributed by atoms with Crippen molar-refractivity contribution in [3.8, 4) is 5.75 Å². The first-order valence-corrected chi connectivity index (χ1v) is 7.32. The number of ether oxygens (including phenoxy) is 1. The molecular weight excluding hydrogens is 305 g/mol. The van der Waals surface area contributed by atoms with Gasteiger partial charge in [-0.15, -0.1) is 0 Å². The summed E-state index contributed by atoms with van der Waals surface area (Å²) < 4.78 is 19.0. The fourth-order valence-electron chi connectivity index (χ4n) is 2.37. The van der Waals surface area contributed by atoms with E-state index in [4.69, 9.17) is 16.3 Å². The van der Waals surface area contributed by atoms with Crippen LogP contribution in [0.2, 0.25) is 5.02 Å². The number of methoxy groups -OCH3 is 1. The van der Waals surface area contributed by atoms with Crippen molar-refractivity contribution in [3.05, 3.63) is 64.4 Å². The molecule has 3 nitrogen and oxygen atoms in total. The molecule has 118 valence electrons. The quantitative estimate of drug-likeness (QED) is 0.880. The Morgan fingerprint density at radius 1 is 1.23 bits per heavy atom. The minimum Gasteiger partial charge on any atom is -0.497 e. The summed E-state index contributed by atoms with van der Waals surface area (Å²) in [4.78, 5) is 1.87. The molecule has 1 N–H and O–H groups in total. The van der Waals surface area contributed by atoms with Gasteiger partial charge in [0.1, 0.15) is 11.6 Å². The Bertz CT molecular complexity index is 598. The number of likely N-dealkylation sites (N-methyl/N-ethyl adjacent to an activating group) is 1. The van der Waals surface area contributed by atoms with Crippen LogP contribution in [0.25, 0.3) is 0 Å². The SMILES string of the molecule is COc1ccc(C(CO)N(C)Cc2c(F)cccc2Cl)cc1. The van der Waals surface area contributed by atoms with E-state index in [1.807, 2.05) is 36.2 Å². The van der Waals surface area contributed by atoms with E-state index in [-0.39, 0.29) is 18.5 Å². The molecule has 2 aromatic rings. The van der Waals surface area contributed by atoms with E-state index in [0.717, 1.165) is 11.3 Å². The first-order chi connectivity index (χ1) is 10.6. The molecule has 1 unspecified atom stereocenters. The Labute approximate surface area is 134 Å². The minimum absolute atomic E-state index is 0.0745. The van der Waals surface area contributed by atoms with Gasteiger partial charge in [-0.05, 0) is 36.9 Å². The van der Waals surface area contributed by atoms with E-state index < -0.39 is 0 Å². The Balaban J connectivity index is 2.19. The van der Waals surface area contributed by atoms with E-state index in [0.29, 0.717) is 17.1 Å². The molecule has 22 heavy (non-hydrogen) atoms. The third-order valence-electron chi connectivity index (χ3n) is 3.67. The fraction of sp³-hybridized carbons (Fsp3) is 0.294. The van der Waals surface area contributed by atoms with Crippen molar-refractivity contribution < 1.29 is 14.2 Å². The summed E-state index contributed by atoms with van der Waals surface area (Å²) in [5, 5.41) is 10.1. The van der Waals surface area contributed by atoms with E-state index in [1.54, 1.807) is 19.2 Å². The third kappa shape index (κ3) is 3.77. The van der Waals surface area contributed by atoms with Crippen molar-refractivity contribution in [2.75, 3.05) is 20.8 Å². The van der Waals surface area contributed by atoms with Gasteiger partial charge in [0.05, 0.1) is 19.8 Å². The number of nitrogens with zero attached hydrogens (tertiary/aromatic N) is 1. The summed E-state index contributed by atoms with van der Waals surface area (Å²) in [6.07, 6.45) is 0. The summed E-state index contributed by atoms with van der Waals surface area (Å²) in [7, 11) is 3.43. The topological polar surface area (TPSA) is 32.7 Å². The molecule has 0 heterocycles. The van der Waals surface area contributed by atoms with Crippen molar-refractivity contribution in [2.24, 2.45) is 0 Å². The second kappa shape index (κ2) is 7.58. The molecule has 2 rings (SSSR count). The molecule has 0 radical (unpaired) electrons. The molecule has 0 aliphatic heterocycles. The van der Waals surface area contributed by atoms with Gasteiger partial charge in [-0.3, -0.25) is 4.90 Å². The van der Waals surface area contributed by atoms with Crippen LogP contribution in [0.5, 0.6) is 5.75 Å². The smallest absolute Gasteiger partial charge is 0.129 e. The van der Waals surface area contributed by atoms with Crippen LogP contribution in [0.15, 0.2) is 42.5 Å². The number of rotatable bonds is 6. The Hall–Kier alpha value is -1.62. The first-order valence-electron chi connectivity index (χ1n) is 6.94. The first kappa shape index (κ1) is 16.7. The number of halogens is 2. The monoisotopic (exact) mass is 323 g/mol. The van der Waals surface area contributed by atoms with Gasteiger partial charge in [-0.2, -0.15) is 0 Å². The average molecular weight is 324 g/mol. The predicted octanol–water partition coefficient (Wildman–Crippen LogP) is 3.65. The molecule has 0 bridgehead atoms. The number of hydrogen-bond donors (Lipinski definition) is 1. The van der Waals surface area contributed by atoms with Crippen LogP contribution >= 0.6 is 11.6 Å². The zero-order chi connectivity index (χ0) is 16.1. The van der Waals surface area contributed by atoms with Gasteiger partial charge in [0.2, 0.25) is 0 Å². The zero-order valence-electron chi connectivity index (χ0n) is 12.6. The van der Waals surface area contributed by atoms with Crippen molar-refractivity contribution in [2.45, 2.75) is 12.6 Å². The van der Waals surface area contributed by atoms with Crippen molar-refractivity contribution in [1.82, 2.24) is 4.90 Å². The Kier molecular flexibility index (Phi) is 5.77. The van der Waals surface area contributed by atoms with Gasteiger partial charge < -0.3 is 9.84 Å². The van der Waals surface area contributed by atoms with Crippen molar-refractivity contribution in [3.63, 3.8) is 0 Å². The van der Waals surface area contributed by atoms with Crippen LogP contribution in [0.1, 0.15) is 17.2 Å². The second-order valence-corrected chi connectivity index (χ2v) is 5.49. The number of aliphatic hydroxyl groups excluding tert-OH is 1. The lowest BCUT2D eigenvalue weighted by atomic mass is 10.1. The van der Waals surface area contributed by atoms with Gasteiger partial charge in [0, 0.05) is 17.1 Å². The van der Waals surface area contributed by atoms with Gasteiger partial charge in [0.15, 0.2) is 0 Å². The highest BCUT2D eigenvalue weighted by Gasteiger charge is 2.19. The molecule has 2 aromatic carbocycles. The number of aliphatic hydroxyl groups is 1. The number of benzene rings is 2. The molecule has 0 aromatic heterocycles. The second-order valence-electron chi connectivity index (χ2n) is 5.09. The van der Waals surface area contributed by atoms with Crippen LogP contribution < -0.4 is 4.74 Å². The van der Waals surface area contributed by atoms with Crippen molar-refractivity contribution >= 4 is 11.6 Å². The summed E-state index contributed by atoms with van der Waals surface area (Å²) in [6.45, 7) is 0.234. The van der Waals surface area contributed by atoms with Crippen molar-refractivity contribution in [1.29, 1.82) is 0 Å². The molecule has 0 fully saturated rings. The lowest BCUT2D eigenvalue weighted by molar-refractivity contribution is 0.141. The molecule has 1 atom stereocenters. The van der Waals surface area contributed by atoms with Crippen LogP contribution in [-0.4, -0.2) is 30.8 Å². The van der Waals surface area contributed by atoms with E-state index >= 15 is 0 Å². The molecular formula is C17H19ClFNO2. The highest BCUT2D eigenvalue weighted by Crippen LogP contribution is 2.26. The van der Waals surface area contributed by atoms with E-state index in [9.17, 15) is 9.50 Å². The highest BCUT2D eigenvalue weighted by molar-refractivity contribution is 6.31. The summed E-state index contributed by atoms with van der Waals surface area (Å²) >= 11 is 6.06. The number of hydrogen-bond acceptors (Lipinski definition) is 3. The molecule has 0 spiro atoms. The maximum atomic E-state index is 13.9. The maximum absolute atomic E-state index is 13.9. The van der Waals surface area contributed by atoms with E-state index in [2.05, 4.69) is 0 Å². The Morgan fingerprint density at radius 2 is 1.91 bits per heavy atom. The lowest BCUT2D eigenvalue weighted by Gasteiger charge is -2.27. The molecule has 0 aliphatic carbocycles. The largest absolute Gasteiger partial charge is 0.497 e. The van der Waals surface area contributed by atoms with Crippen LogP contribution in [0.3, 0.4) is 0 Å². The molecule has 0 saturated carbocycles. The highest BCUT2D eigenvalue weighted by atomic mass is 35.5. The molecule has 5 heteroatoms. The van der Waals surface area contributed by atoms with Gasteiger partial charge >= 0.3 is 0 Å². The normalized spacial score (nSPS) is 12.5. The van der Waals surface area contributed by atoms with Crippen LogP contribution in [0, 0.1) is 5.82 Å². The van der Waals surface area contributed by atoms with Gasteiger partial charge in [0.25, 0.3) is 0 Å². The summed E-state index contributed by atoms with van der Waals surface area (Å²) in [5.41, 5.74) is 1.36. The molecule has 0 saturated heterocycles. The fourth-order valence-corrected chi connectivity index (χ4v) is 2.59. The zero-order valence-corrected chi connectivity index (χ0v) is 13.3. The predicted molar refractivity (Wildman–Crippen MR) is 85.7 cm³/mol. The summed E-state index contributed by atoms with van der Waals surface area (Å²) in [5.74, 6) is 0.408.